The summed E-state index contributed by atoms with van der Waals surface area (Å²) in [6.07, 6.45) is 5.98. The number of amides is 1. The topological polar surface area (TPSA) is 46.2 Å². The highest BCUT2D eigenvalue weighted by Gasteiger charge is 2.42. The summed E-state index contributed by atoms with van der Waals surface area (Å²) >= 11 is 1.64. The summed E-state index contributed by atoms with van der Waals surface area (Å²) < 4.78 is 0. The highest BCUT2D eigenvalue weighted by atomic mass is 32.1. The molecule has 2 bridgehead atoms. The van der Waals surface area contributed by atoms with E-state index < -0.39 is 0 Å². The average Bonchev–Trinajstić information content (AvgIpc) is 3.20. The number of carbonyl (C=O) groups is 2. The van der Waals surface area contributed by atoms with Gasteiger partial charge in [0.25, 0.3) is 0 Å². The van der Waals surface area contributed by atoms with Crippen LogP contribution in [0.25, 0.3) is 0 Å². The number of Topliss-reactive ketones (excluding diaryl/α,β-unsaturated/α-hetero) is 1. The predicted molar refractivity (Wildman–Crippen MR) is 93.9 cm³/mol. The van der Waals surface area contributed by atoms with Crippen LogP contribution in [0.4, 0.5) is 0 Å². The van der Waals surface area contributed by atoms with Crippen molar-refractivity contribution < 1.29 is 9.59 Å². The third kappa shape index (κ3) is 3.68. The highest BCUT2D eigenvalue weighted by molar-refractivity contribution is 7.12. The fraction of sp³-hybridized carbons (Fsp3) is 0.684. The van der Waals surface area contributed by atoms with Crippen molar-refractivity contribution in [2.24, 2.45) is 17.8 Å². The van der Waals surface area contributed by atoms with Gasteiger partial charge in [-0.3, -0.25) is 9.59 Å². The van der Waals surface area contributed by atoms with Gasteiger partial charge in [-0.05, 0) is 63.9 Å². The first-order valence-corrected chi connectivity index (χ1v) is 9.65. The van der Waals surface area contributed by atoms with Gasteiger partial charge in [0, 0.05) is 34.2 Å². The molecule has 126 valence electrons. The van der Waals surface area contributed by atoms with Crippen molar-refractivity contribution in [1.82, 2.24) is 5.32 Å². The van der Waals surface area contributed by atoms with E-state index in [-0.39, 0.29) is 17.7 Å². The van der Waals surface area contributed by atoms with E-state index in [0.717, 1.165) is 27.2 Å². The lowest BCUT2D eigenvalue weighted by Crippen LogP contribution is -2.40. The van der Waals surface area contributed by atoms with Gasteiger partial charge in [-0.25, -0.2) is 0 Å². The maximum atomic E-state index is 12.3. The molecule has 1 heterocycles. The van der Waals surface area contributed by atoms with Crippen LogP contribution in [-0.4, -0.2) is 17.7 Å². The van der Waals surface area contributed by atoms with Crippen LogP contribution >= 0.6 is 11.3 Å². The van der Waals surface area contributed by atoms with Crippen molar-refractivity contribution in [2.75, 3.05) is 0 Å². The molecule has 2 aliphatic carbocycles. The van der Waals surface area contributed by atoms with Gasteiger partial charge in [0.1, 0.15) is 0 Å². The first kappa shape index (κ1) is 16.7. The molecule has 1 amide bonds. The van der Waals surface area contributed by atoms with Crippen LogP contribution < -0.4 is 5.32 Å². The van der Waals surface area contributed by atoms with E-state index in [9.17, 15) is 9.59 Å². The smallest absolute Gasteiger partial charge is 0.220 e. The number of rotatable bonds is 6. The lowest BCUT2D eigenvalue weighted by molar-refractivity contribution is -0.122. The summed E-state index contributed by atoms with van der Waals surface area (Å²) in [5, 5.41) is 3.14. The molecule has 23 heavy (non-hydrogen) atoms. The molecular formula is C19H27NO2S. The van der Waals surface area contributed by atoms with Gasteiger partial charge in [0.05, 0.1) is 0 Å². The second-order valence-corrected chi connectivity index (χ2v) is 8.91. The van der Waals surface area contributed by atoms with E-state index in [4.69, 9.17) is 0 Å². The van der Waals surface area contributed by atoms with E-state index in [1.54, 1.807) is 11.3 Å². The summed E-state index contributed by atoms with van der Waals surface area (Å²) in [4.78, 5) is 26.6. The molecule has 1 aromatic heterocycles. The van der Waals surface area contributed by atoms with Crippen molar-refractivity contribution in [1.29, 1.82) is 0 Å². The SMILES string of the molecule is Cc1cc(C(=O)CCC(=O)NC(C)C2CC3CCC2C3)c(C)s1. The Labute approximate surface area is 142 Å². The van der Waals surface area contributed by atoms with Crippen LogP contribution in [0.5, 0.6) is 0 Å². The molecule has 4 unspecified atom stereocenters. The number of aryl methyl sites for hydroxylation is 2. The summed E-state index contributed by atoms with van der Waals surface area (Å²) in [6, 6.07) is 2.19. The normalized spacial score (nSPS) is 27.2. The van der Waals surface area contributed by atoms with E-state index in [1.165, 1.54) is 25.7 Å². The molecule has 3 nitrogen and oxygen atoms in total. The van der Waals surface area contributed by atoms with Gasteiger partial charge in [-0.1, -0.05) is 6.42 Å². The minimum Gasteiger partial charge on any atom is -0.353 e. The number of hydrogen-bond acceptors (Lipinski definition) is 3. The lowest BCUT2D eigenvalue weighted by Gasteiger charge is -2.28. The molecule has 3 rings (SSSR count). The number of carbonyl (C=O) groups excluding carboxylic acids is 2. The summed E-state index contributed by atoms with van der Waals surface area (Å²) in [7, 11) is 0. The van der Waals surface area contributed by atoms with Crippen LogP contribution in [0.1, 0.15) is 65.6 Å². The molecule has 0 radical (unpaired) electrons. The van der Waals surface area contributed by atoms with E-state index >= 15 is 0 Å². The Hall–Kier alpha value is -1.16. The zero-order chi connectivity index (χ0) is 16.6. The number of ketones is 1. The predicted octanol–water partition coefficient (Wildman–Crippen LogP) is 4.27. The first-order valence-electron chi connectivity index (χ1n) is 8.83. The van der Waals surface area contributed by atoms with Gasteiger partial charge in [0.2, 0.25) is 5.91 Å². The van der Waals surface area contributed by atoms with Crippen LogP contribution in [0.15, 0.2) is 6.07 Å². The molecule has 2 fully saturated rings. The average molecular weight is 333 g/mol. The number of thiophene rings is 1. The minimum absolute atomic E-state index is 0.0261. The first-order chi connectivity index (χ1) is 10.9. The molecule has 0 aliphatic heterocycles. The fourth-order valence-electron chi connectivity index (χ4n) is 4.61. The Kier molecular flexibility index (Phi) is 4.90. The second-order valence-electron chi connectivity index (χ2n) is 7.44. The Bertz CT molecular complexity index is 607. The second kappa shape index (κ2) is 6.76. The van der Waals surface area contributed by atoms with Crippen LogP contribution in [-0.2, 0) is 4.79 Å². The zero-order valence-electron chi connectivity index (χ0n) is 14.4. The molecule has 1 aromatic rings. The zero-order valence-corrected chi connectivity index (χ0v) is 15.2. The van der Waals surface area contributed by atoms with Crippen LogP contribution in [0.3, 0.4) is 0 Å². The maximum absolute atomic E-state index is 12.3. The molecule has 2 aliphatic rings. The Morgan fingerprint density at radius 1 is 1.26 bits per heavy atom. The fourth-order valence-corrected chi connectivity index (χ4v) is 5.55. The van der Waals surface area contributed by atoms with Crippen molar-refractivity contribution >= 4 is 23.0 Å². The van der Waals surface area contributed by atoms with E-state index in [2.05, 4.69) is 12.2 Å². The Balaban J connectivity index is 1.46. The van der Waals surface area contributed by atoms with Crippen molar-refractivity contribution in [3.05, 3.63) is 21.4 Å². The standard InChI is InChI=1S/C19H27NO2S/c1-11-8-17(13(3)23-11)18(21)6-7-19(22)20-12(2)16-10-14-4-5-15(16)9-14/h8,12,14-16H,4-7,9-10H2,1-3H3,(H,20,22). The largest absolute Gasteiger partial charge is 0.353 e. The molecule has 0 aromatic carbocycles. The van der Waals surface area contributed by atoms with Gasteiger partial charge >= 0.3 is 0 Å². The number of nitrogens with one attached hydrogen (secondary N) is 1. The summed E-state index contributed by atoms with van der Waals surface area (Å²) in [6.45, 7) is 6.12. The van der Waals surface area contributed by atoms with Crippen molar-refractivity contribution in [3.8, 4) is 0 Å². The third-order valence-corrected chi connectivity index (χ3v) is 6.71. The van der Waals surface area contributed by atoms with Crippen molar-refractivity contribution in [2.45, 2.75) is 65.3 Å². The molecular weight excluding hydrogens is 306 g/mol. The molecule has 4 atom stereocenters. The van der Waals surface area contributed by atoms with Crippen LogP contribution in [0.2, 0.25) is 0 Å². The maximum Gasteiger partial charge on any atom is 0.220 e. The van der Waals surface area contributed by atoms with Crippen LogP contribution in [0, 0.1) is 31.6 Å². The Morgan fingerprint density at radius 3 is 2.61 bits per heavy atom. The lowest BCUT2D eigenvalue weighted by atomic mass is 9.84. The quantitative estimate of drug-likeness (QED) is 0.790. The van der Waals surface area contributed by atoms with Gasteiger partial charge in [-0.15, -0.1) is 11.3 Å². The van der Waals surface area contributed by atoms with Gasteiger partial charge in [-0.2, -0.15) is 0 Å². The minimum atomic E-state index is 0.0261. The van der Waals surface area contributed by atoms with Crippen molar-refractivity contribution in [3.63, 3.8) is 0 Å². The monoisotopic (exact) mass is 333 g/mol. The van der Waals surface area contributed by atoms with E-state index in [0.29, 0.717) is 18.8 Å². The Morgan fingerprint density at radius 2 is 2.04 bits per heavy atom. The molecule has 1 N–H and O–H groups in total. The highest BCUT2D eigenvalue weighted by Crippen LogP contribution is 2.49. The molecule has 2 saturated carbocycles. The molecule has 0 saturated heterocycles. The summed E-state index contributed by atoms with van der Waals surface area (Å²) in [5.41, 5.74) is 0.793. The van der Waals surface area contributed by atoms with E-state index in [1.807, 2.05) is 19.9 Å². The van der Waals surface area contributed by atoms with Gasteiger partial charge < -0.3 is 5.32 Å². The molecule has 4 heteroatoms. The number of fused-ring (bicyclic) bond motifs is 2. The summed E-state index contributed by atoms with van der Waals surface area (Å²) in [5.74, 6) is 2.48. The number of hydrogen-bond donors (Lipinski definition) is 1. The third-order valence-electron chi connectivity index (χ3n) is 5.74. The van der Waals surface area contributed by atoms with Gasteiger partial charge in [0.15, 0.2) is 5.78 Å². The molecule has 0 spiro atoms.